The highest BCUT2D eigenvalue weighted by atomic mass is 19.4. The van der Waals surface area contributed by atoms with Crippen molar-refractivity contribution >= 4 is 11.7 Å². The van der Waals surface area contributed by atoms with Crippen LogP contribution in [0.2, 0.25) is 0 Å². The zero-order valence-corrected chi connectivity index (χ0v) is 18.9. The predicted molar refractivity (Wildman–Crippen MR) is 124 cm³/mol. The van der Waals surface area contributed by atoms with Gasteiger partial charge in [0.05, 0.1) is 18.2 Å². The number of pyridine rings is 1. The summed E-state index contributed by atoms with van der Waals surface area (Å²) in [6.07, 6.45) is -0.658. The van der Waals surface area contributed by atoms with Crippen LogP contribution in [0.1, 0.15) is 30.0 Å². The topological polar surface area (TPSA) is 65.5 Å². The van der Waals surface area contributed by atoms with Crippen molar-refractivity contribution in [3.8, 4) is 11.1 Å². The SMILES string of the molecule is Cc1cc(-c2ccncc2)ccc1Cc1ccc(N2NC(C(F)(F)F)[C@@H](C)[C@@H]2CC(=O)O)cc1. The third-order valence-corrected chi connectivity index (χ3v) is 6.44. The van der Waals surface area contributed by atoms with Gasteiger partial charge in [0.25, 0.3) is 0 Å². The summed E-state index contributed by atoms with van der Waals surface area (Å²) in [5.74, 6) is -2.04. The maximum atomic E-state index is 13.5. The molecule has 1 saturated heterocycles. The second-order valence-electron chi connectivity index (χ2n) is 8.76. The van der Waals surface area contributed by atoms with Crippen molar-refractivity contribution in [1.29, 1.82) is 0 Å². The lowest BCUT2D eigenvalue weighted by Crippen LogP contribution is -2.45. The van der Waals surface area contributed by atoms with E-state index in [1.165, 1.54) is 11.9 Å². The number of aliphatic carboxylic acids is 1. The number of benzene rings is 2. The average Bonchev–Trinajstić information content (AvgIpc) is 3.12. The van der Waals surface area contributed by atoms with Gasteiger partial charge in [-0.25, -0.2) is 5.43 Å². The molecule has 8 heteroatoms. The summed E-state index contributed by atoms with van der Waals surface area (Å²) >= 11 is 0. The van der Waals surface area contributed by atoms with Crippen LogP contribution in [0.5, 0.6) is 0 Å². The number of halogens is 3. The first-order valence-electron chi connectivity index (χ1n) is 11.1. The minimum atomic E-state index is -4.47. The highest BCUT2D eigenvalue weighted by Gasteiger charge is 2.52. The van der Waals surface area contributed by atoms with Crippen LogP contribution in [0.25, 0.3) is 11.1 Å². The largest absolute Gasteiger partial charge is 0.481 e. The van der Waals surface area contributed by atoms with Crippen LogP contribution in [0.3, 0.4) is 0 Å². The summed E-state index contributed by atoms with van der Waals surface area (Å²) in [7, 11) is 0. The molecule has 0 saturated carbocycles. The Morgan fingerprint density at radius 2 is 1.74 bits per heavy atom. The smallest absolute Gasteiger partial charge is 0.405 e. The number of nitrogens with zero attached hydrogens (tertiary/aromatic N) is 2. The number of hydrogen-bond donors (Lipinski definition) is 2. The maximum absolute atomic E-state index is 13.5. The van der Waals surface area contributed by atoms with Gasteiger partial charge in [-0.3, -0.25) is 9.78 Å². The molecule has 1 aromatic heterocycles. The van der Waals surface area contributed by atoms with Crippen molar-refractivity contribution in [2.75, 3.05) is 5.01 Å². The first-order valence-corrected chi connectivity index (χ1v) is 11.1. The Morgan fingerprint density at radius 3 is 2.32 bits per heavy atom. The molecule has 1 aliphatic rings. The highest BCUT2D eigenvalue weighted by Crippen LogP contribution is 2.37. The Kier molecular flexibility index (Phi) is 6.61. The van der Waals surface area contributed by atoms with E-state index in [1.54, 1.807) is 24.5 Å². The second-order valence-corrected chi connectivity index (χ2v) is 8.76. The van der Waals surface area contributed by atoms with E-state index in [-0.39, 0.29) is 6.42 Å². The monoisotopic (exact) mass is 469 g/mol. The molecular formula is C26H26F3N3O2. The molecule has 0 amide bonds. The fourth-order valence-electron chi connectivity index (χ4n) is 4.53. The van der Waals surface area contributed by atoms with Crippen molar-refractivity contribution in [3.05, 3.63) is 83.7 Å². The molecule has 0 aliphatic carbocycles. The van der Waals surface area contributed by atoms with E-state index in [4.69, 9.17) is 0 Å². The first-order chi connectivity index (χ1) is 16.1. The molecule has 0 bridgehead atoms. The number of aromatic nitrogens is 1. The van der Waals surface area contributed by atoms with Crippen LogP contribution in [-0.4, -0.2) is 34.3 Å². The molecule has 3 aromatic rings. The van der Waals surface area contributed by atoms with Gasteiger partial charge in [-0.1, -0.05) is 37.3 Å². The van der Waals surface area contributed by atoms with Crippen LogP contribution in [0.15, 0.2) is 67.0 Å². The minimum absolute atomic E-state index is 0.383. The fraction of sp³-hybridized carbons (Fsp3) is 0.308. The summed E-state index contributed by atoms with van der Waals surface area (Å²) in [5, 5.41) is 10.6. The van der Waals surface area contributed by atoms with E-state index < -0.39 is 30.1 Å². The Bertz CT molecular complexity index is 1150. The number of carboxylic acids is 1. The molecule has 0 radical (unpaired) electrons. The van der Waals surface area contributed by atoms with Gasteiger partial charge in [-0.05, 0) is 65.4 Å². The Labute approximate surface area is 196 Å². The summed E-state index contributed by atoms with van der Waals surface area (Å²) in [6.45, 7) is 3.49. The Balaban J connectivity index is 1.52. The number of carboxylic acid groups (broad SMARTS) is 1. The molecule has 2 aromatic carbocycles. The molecule has 2 N–H and O–H groups in total. The number of rotatable bonds is 6. The number of nitrogens with one attached hydrogen (secondary N) is 1. The number of carbonyl (C=O) groups is 1. The van der Waals surface area contributed by atoms with E-state index in [0.717, 1.165) is 27.8 Å². The van der Waals surface area contributed by atoms with Crippen LogP contribution < -0.4 is 10.4 Å². The summed E-state index contributed by atoms with van der Waals surface area (Å²) in [4.78, 5) is 15.3. The van der Waals surface area contributed by atoms with Crippen LogP contribution in [0.4, 0.5) is 18.9 Å². The summed E-state index contributed by atoms with van der Waals surface area (Å²) < 4.78 is 40.4. The average molecular weight is 470 g/mol. The van der Waals surface area contributed by atoms with E-state index >= 15 is 0 Å². The molecular weight excluding hydrogens is 443 g/mol. The number of anilines is 1. The van der Waals surface area contributed by atoms with Gasteiger partial charge in [-0.15, -0.1) is 0 Å². The van der Waals surface area contributed by atoms with Crippen LogP contribution in [0, 0.1) is 12.8 Å². The summed E-state index contributed by atoms with van der Waals surface area (Å²) in [5.41, 5.74) is 8.51. The van der Waals surface area contributed by atoms with Crippen molar-refractivity contribution in [2.24, 2.45) is 5.92 Å². The predicted octanol–water partition coefficient (Wildman–Crippen LogP) is 5.38. The fourth-order valence-corrected chi connectivity index (χ4v) is 4.53. The Morgan fingerprint density at radius 1 is 1.06 bits per heavy atom. The van der Waals surface area contributed by atoms with Crippen LogP contribution >= 0.6 is 0 Å². The molecule has 0 spiro atoms. The van der Waals surface area contributed by atoms with Crippen molar-refractivity contribution in [1.82, 2.24) is 10.4 Å². The van der Waals surface area contributed by atoms with Crippen molar-refractivity contribution < 1.29 is 23.1 Å². The number of hydrazine groups is 1. The summed E-state index contributed by atoms with van der Waals surface area (Å²) in [6, 6.07) is 14.8. The van der Waals surface area contributed by atoms with Gasteiger partial charge >= 0.3 is 12.1 Å². The molecule has 5 nitrogen and oxygen atoms in total. The van der Waals surface area contributed by atoms with E-state index in [2.05, 4.69) is 35.5 Å². The van der Waals surface area contributed by atoms with Gasteiger partial charge in [-0.2, -0.15) is 13.2 Å². The number of aryl methyl sites for hydroxylation is 1. The molecule has 34 heavy (non-hydrogen) atoms. The third kappa shape index (κ3) is 5.07. The Hall–Kier alpha value is -3.39. The van der Waals surface area contributed by atoms with Gasteiger partial charge in [0, 0.05) is 18.3 Å². The molecule has 3 atom stereocenters. The van der Waals surface area contributed by atoms with Crippen molar-refractivity contribution in [3.63, 3.8) is 0 Å². The van der Waals surface area contributed by atoms with E-state index in [1.807, 2.05) is 24.3 Å². The normalized spacial score (nSPS) is 20.5. The van der Waals surface area contributed by atoms with Gasteiger partial charge in [0.2, 0.25) is 0 Å². The van der Waals surface area contributed by atoms with Crippen LogP contribution in [-0.2, 0) is 11.2 Å². The second kappa shape index (κ2) is 9.46. The number of hydrogen-bond acceptors (Lipinski definition) is 4. The van der Waals surface area contributed by atoms with Crippen molar-refractivity contribution in [2.45, 2.75) is 44.9 Å². The maximum Gasteiger partial charge on any atom is 0.405 e. The lowest BCUT2D eigenvalue weighted by Gasteiger charge is -2.27. The first kappa shape index (κ1) is 23.8. The molecule has 2 heterocycles. The molecule has 178 valence electrons. The standard InChI is InChI=1S/C26H26F3N3O2/c1-16-13-21(19-9-11-30-12-10-19)6-5-20(16)14-18-3-7-22(8-4-18)32-23(15-24(33)34)17(2)25(31-32)26(27,28)29/h3-13,17,23,25,31H,14-15H2,1-2H3,(H,33,34)/t17-,23-,25?/m0/s1. The van der Waals surface area contributed by atoms with Gasteiger partial charge in [0.1, 0.15) is 6.04 Å². The number of alkyl halides is 3. The zero-order chi connectivity index (χ0) is 24.5. The highest BCUT2D eigenvalue weighted by molar-refractivity contribution is 5.69. The third-order valence-electron chi connectivity index (χ3n) is 6.44. The van der Waals surface area contributed by atoms with Gasteiger partial charge < -0.3 is 10.1 Å². The van der Waals surface area contributed by atoms with E-state index in [9.17, 15) is 23.1 Å². The minimum Gasteiger partial charge on any atom is -0.481 e. The quantitative estimate of drug-likeness (QED) is 0.507. The lowest BCUT2D eigenvalue weighted by molar-refractivity contribution is -0.160. The van der Waals surface area contributed by atoms with E-state index in [0.29, 0.717) is 12.1 Å². The lowest BCUT2D eigenvalue weighted by atomic mass is 9.93. The molecule has 1 unspecified atom stereocenters. The molecule has 4 rings (SSSR count). The molecule has 1 fully saturated rings. The zero-order valence-electron chi connectivity index (χ0n) is 18.9. The molecule has 1 aliphatic heterocycles. The van der Waals surface area contributed by atoms with Gasteiger partial charge in [0.15, 0.2) is 0 Å².